The van der Waals surface area contributed by atoms with Gasteiger partial charge in [0.05, 0.1) is 17.5 Å². The molecule has 1 unspecified atom stereocenters. The van der Waals surface area contributed by atoms with Crippen LogP contribution in [0, 0.1) is 0 Å². The van der Waals surface area contributed by atoms with Gasteiger partial charge in [0.15, 0.2) is 17.1 Å². The molecule has 2 aromatic carbocycles. The molecule has 0 amide bonds. The third-order valence-electron chi connectivity index (χ3n) is 5.93. The summed E-state index contributed by atoms with van der Waals surface area (Å²) >= 11 is 0. The van der Waals surface area contributed by atoms with Crippen molar-refractivity contribution in [3.8, 4) is 28.4 Å². The fourth-order valence-electron chi connectivity index (χ4n) is 4.38. The number of nitrogens with one attached hydrogen (secondary N) is 2. The summed E-state index contributed by atoms with van der Waals surface area (Å²) in [5.41, 5.74) is 3.36. The van der Waals surface area contributed by atoms with Crippen molar-refractivity contribution in [3.05, 3.63) is 76.8 Å². The second-order valence-corrected chi connectivity index (χ2v) is 8.06. The van der Waals surface area contributed by atoms with Gasteiger partial charge in [0, 0.05) is 17.6 Å². The summed E-state index contributed by atoms with van der Waals surface area (Å²) in [5, 5.41) is 10.8. The van der Waals surface area contributed by atoms with Crippen LogP contribution in [0.1, 0.15) is 12.6 Å². The van der Waals surface area contributed by atoms with Crippen LogP contribution in [0.15, 0.2) is 65.6 Å². The van der Waals surface area contributed by atoms with Crippen LogP contribution in [0.4, 0.5) is 5.95 Å². The molecule has 3 aliphatic heterocycles. The topological polar surface area (TPSA) is 107 Å². The van der Waals surface area contributed by atoms with Gasteiger partial charge in [0.25, 0.3) is 5.56 Å². The van der Waals surface area contributed by atoms with Crippen molar-refractivity contribution in [3.63, 3.8) is 0 Å². The van der Waals surface area contributed by atoms with Crippen molar-refractivity contribution in [2.24, 2.45) is 0 Å². The largest absolute Gasteiger partial charge is 0.486 e. The molecule has 0 bridgehead atoms. The molecular weight excluding hydrogens is 432 g/mol. The van der Waals surface area contributed by atoms with Crippen LogP contribution in [0.3, 0.4) is 0 Å². The van der Waals surface area contributed by atoms with Crippen molar-refractivity contribution >= 4 is 17.0 Å². The van der Waals surface area contributed by atoms with Crippen LogP contribution in [0.25, 0.3) is 28.0 Å². The Morgan fingerprint density at radius 3 is 2.74 bits per heavy atom. The number of ether oxygens (including phenoxy) is 2. The number of anilines is 1. The Balaban J connectivity index is 1.41. The van der Waals surface area contributed by atoms with Gasteiger partial charge < -0.3 is 14.8 Å². The number of aromatic amines is 1. The van der Waals surface area contributed by atoms with Gasteiger partial charge in [-0.15, -0.1) is 0 Å². The van der Waals surface area contributed by atoms with Crippen molar-refractivity contribution in [1.29, 1.82) is 0 Å². The van der Waals surface area contributed by atoms with Crippen molar-refractivity contribution in [2.75, 3.05) is 18.5 Å². The van der Waals surface area contributed by atoms with E-state index in [0.29, 0.717) is 47.8 Å². The van der Waals surface area contributed by atoms with E-state index in [1.54, 1.807) is 6.20 Å². The molecule has 0 fully saturated rings. The van der Waals surface area contributed by atoms with Crippen LogP contribution >= 0.6 is 0 Å². The van der Waals surface area contributed by atoms with Gasteiger partial charge in [-0.2, -0.15) is 10.1 Å². The zero-order valence-electron chi connectivity index (χ0n) is 18.5. The average Bonchev–Trinajstić information content (AvgIpc) is 3.28. The second-order valence-electron chi connectivity index (χ2n) is 8.06. The number of pyridine rings is 1. The molecule has 9 nitrogen and oxygen atoms in total. The third kappa shape index (κ3) is 3.33. The van der Waals surface area contributed by atoms with E-state index in [-0.39, 0.29) is 11.7 Å². The Kier molecular flexibility index (Phi) is 4.87. The molecule has 6 rings (SSSR count). The molecule has 3 aromatic rings. The average molecular weight is 454 g/mol. The molecule has 1 atom stereocenters. The Hall–Kier alpha value is -4.40. The molecule has 0 spiro atoms. The molecule has 0 saturated heterocycles. The molecular formula is C25H22N6O3. The van der Waals surface area contributed by atoms with Gasteiger partial charge in [-0.05, 0) is 30.7 Å². The van der Waals surface area contributed by atoms with E-state index in [0.717, 1.165) is 22.9 Å². The fourth-order valence-corrected chi connectivity index (χ4v) is 4.38. The zero-order chi connectivity index (χ0) is 23.1. The highest BCUT2D eigenvalue weighted by molar-refractivity contribution is 5.94. The minimum Gasteiger partial charge on any atom is -0.486 e. The standard InChI is InChI=1S/C25H22N6O3/c1-2-18-21-22(29-30-24(21)32)17-13-27-25(28-23(17)31(18)15-8-4-3-5-9-15)26-12-16-14-33-19-10-6-7-11-20(19)34-16/h3-11,13,16H,2,12,14H2,1H3,(H,30,32)(H,26,27,28). The first-order valence-electron chi connectivity index (χ1n) is 11.2. The van der Waals surface area contributed by atoms with Crippen LogP contribution in [0.5, 0.6) is 11.5 Å². The lowest BCUT2D eigenvalue weighted by Gasteiger charge is -2.26. The predicted octanol–water partition coefficient (Wildman–Crippen LogP) is 3.42. The Morgan fingerprint density at radius 1 is 1.12 bits per heavy atom. The minimum atomic E-state index is -0.213. The van der Waals surface area contributed by atoms with Crippen LogP contribution in [0.2, 0.25) is 0 Å². The lowest BCUT2D eigenvalue weighted by molar-refractivity contribution is 0.0996. The van der Waals surface area contributed by atoms with Gasteiger partial charge in [-0.3, -0.25) is 9.36 Å². The zero-order valence-corrected chi connectivity index (χ0v) is 18.5. The number of benzene rings is 2. The van der Waals surface area contributed by atoms with E-state index in [1.807, 2.05) is 66.1 Å². The third-order valence-corrected chi connectivity index (χ3v) is 5.93. The molecule has 9 heteroatoms. The van der Waals surface area contributed by atoms with E-state index in [4.69, 9.17) is 14.5 Å². The number of hydrogen-bond acceptors (Lipinski definition) is 7. The number of H-pyrrole nitrogens is 1. The molecule has 4 heterocycles. The maximum absolute atomic E-state index is 12.6. The predicted molar refractivity (Wildman–Crippen MR) is 128 cm³/mol. The summed E-state index contributed by atoms with van der Waals surface area (Å²) < 4.78 is 13.8. The van der Waals surface area contributed by atoms with Gasteiger partial charge in [-0.1, -0.05) is 37.3 Å². The number of hydrogen-bond donors (Lipinski definition) is 2. The molecule has 0 aliphatic carbocycles. The monoisotopic (exact) mass is 454 g/mol. The summed E-state index contributed by atoms with van der Waals surface area (Å²) in [7, 11) is 0. The van der Waals surface area contributed by atoms with E-state index < -0.39 is 0 Å². The molecule has 0 radical (unpaired) electrons. The number of aromatic nitrogens is 5. The fraction of sp³-hybridized carbons (Fsp3) is 0.200. The van der Waals surface area contributed by atoms with Gasteiger partial charge in [-0.25, -0.2) is 10.1 Å². The highest BCUT2D eigenvalue weighted by Gasteiger charge is 2.25. The maximum Gasteiger partial charge on any atom is 0.275 e. The Morgan fingerprint density at radius 2 is 1.91 bits per heavy atom. The van der Waals surface area contributed by atoms with Gasteiger partial charge in [0.2, 0.25) is 5.95 Å². The van der Waals surface area contributed by atoms with Crippen LogP contribution in [-0.2, 0) is 6.42 Å². The first kappa shape index (κ1) is 20.2. The summed E-state index contributed by atoms with van der Waals surface area (Å²) in [4.78, 5) is 21.9. The first-order chi connectivity index (χ1) is 16.7. The van der Waals surface area contributed by atoms with Crippen molar-refractivity contribution in [1.82, 2.24) is 24.7 Å². The maximum atomic E-state index is 12.6. The summed E-state index contributed by atoms with van der Waals surface area (Å²) in [5.74, 6) is 1.93. The van der Waals surface area contributed by atoms with Crippen molar-refractivity contribution < 1.29 is 9.47 Å². The van der Waals surface area contributed by atoms with E-state index in [1.165, 1.54) is 0 Å². The second kappa shape index (κ2) is 8.18. The number of fused-ring (bicyclic) bond motifs is 4. The summed E-state index contributed by atoms with van der Waals surface area (Å²) in [6.45, 7) is 2.92. The van der Waals surface area contributed by atoms with E-state index in [2.05, 4.69) is 20.5 Å². The minimum absolute atomic E-state index is 0.182. The molecule has 1 aromatic heterocycles. The summed E-state index contributed by atoms with van der Waals surface area (Å²) in [6, 6.07) is 17.5. The lowest BCUT2D eigenvalue weighted by Crippen LogP contribution is -2.35. The quantitative estimate of drug-likeness (QED) is 0.419. The Bertz CT molecular complexity index is 1510. The van der Waals surface area contributed by atoms with Crippen LogP contribution in [-0.4, -0.2) is 44.0 Å². The van der Waals surface area contributed by atoms with E-state index >= 15 is 0 Å². The normalized spacial score (nSPS) is 15.0. The lowest BCUT2D eigenvalue weighted by atomic mass is 10.0. The van der Waals surface area contributed by atoms with E-state index in [9.17, 15) is 4.79 Å². The number of rotatable bonds is 5. The molecule has 2 N–H and O–H groups in total. The smallest absolute Gasteiger partial charge is 0.275 e. The van der Waals surface area contributed by atoms with Crippen LogP contribution < -0.4 is 20.3 Å². The number of nitrogens with zero attached hydrogens (tertiary/aromatic N) is 4. The summed E-state index contributed by atoms with van der Waals surface area (Å²) in [6.07, 6.45) is 2.16. The molecule has 3 aliphatic rings. The highest BCUT2D eigenvalue weighted by atomic mass is 16.6. The first-order valence-corrected chi connectivity index (χ1v) is 11.2. The SMILES string of the molecule is CCc1c2c(=O)[nH]nc-2c2cnc(NCC3COc4ccccc4O3)nc2n1-c1ccccc1. The van der Waals surface area contributed by atoms with Gasteiger partial charge >= 0.3 is 0 Å². The Labute approximate surface area is 194 Å². The number of para-hydroxylation sites is 3. The molecule has 34 heavy (non-hydrogen) atoms. The molecule has 0 saturated carbocycles. The van der Waals surface area contributed by atoms with Crippen molar-refractivity contribution in [2.45, 2.75) is 19.4 Å². The van der Waals surface area contributed by atoms with Gasteiger partial charge in [0.1, 0.15) is 18.4 Å². The molecule has 170 valence electrons. The highest BCUT2D eigenvalue weighted by Crippen LogP contribution is 2.33.